The molecule has 0 aromatic carbocycles. The lowest BCUT2D eigenvalue weighted by atomic mass is 10.1. The fraction of sp³-hybridized carbons (Fsp3) is 0.778. The highest BCUT2D eigenvalue weighted by Crippen LogP contribution is 2.60. The van der Waals surface area contributed by atoms with E-state index in [1.165, 1.54) is 5.57 Å². The first-order chi connectivity index (χ1) is 10.4. The molecule has 5 heteroatoms. The minimum absolute atomic E-state index is 0.000960. The van der Waals surface area contributed by atoms with Gasteiger partial charge in [0.05, 0.1) is 11.8 Å². The molecule has 130 valence electrons. The summed E-state index contributed by atoms with van der Waals surface area (Å²) in [5.74, 6) is 1.70. The minimum Gasteiger partial charge on any atom is -0.350 e. The van der Waals surface area contributed by atoms with Gasteiger partial charge in [0.1, 0.15) is 6.04 Å². The Morgan fingerprint density at radius 2 is 1.87 bits per heavy atom. The van der Waals surface area contributed by atoms with Crippen LogP contribution in [0.25, 0.3) is 0 Å². The summed E-state index contributed by atoms with van der Waals surface area (Å²) in [5, 5.41) is 3.01. The zero-order valence-electron chi connectivity index (χ0n) is 15.4. The summed E-state index contributed by atoms with van der Waals surface area (Å²) in [6.45, 7) is 14.3. The molecule has 1 saturated heterocycles. The molecular formula is C18H30N2O2S. The molecule has 1 aliphatic heterocycles. The molecule has 2 aliphatic rings. The van der Waals surface area contributed by atoms with E-state index in [1.807, 2.05) is 20.8 Å². The Hall–Kier alpha value is -0.970. The lowest BCUT2D eigenvalue weighted by molar-refractivity contribution is -0.140. The summed E-state index contributed by atoms with van der Waals surface area (Å²) in [6, 6.07) is -0.338. The third-order valence-electron chi connectivity index (χ3n) is 4.66. The van der Waals surface area contributed by atoms with Crippen LogP contribution >= 0.6 is 11.8 Å². The Balaban J connectivity index is 2.10. The Bertz CT molecular complexity index is 530. The average Bonchev–Trinajstić information content (AvgIpc) is 2.76. The number of hydrogen-bond donors (Lipinski definition) is 1. The van der Waals surface area contributed by atoms with Gasteiger partial charge >= 0.3 is 0 Å². The van der Waals surface area contributed by atoms with Crippen LogP contribution in [0.2, 0.25) is 0 Å². The lowest BCUT2D eigenvalue weighted by Crippen LogP contribution is -2.52. The van der Waals surface area contributed by atoms with Crippen molar-refractivity contribution in [2.45, 2.75) is 60.0 Å². The first kappa shape index (κ1) is 18.4. The van der Waals surface area contributed by atoms with Crippen LogP contribution in [-0.4, -0.2) is 39.9 Å². The van der Waals surface area contributed by atoms with Crippen LogP contribution < -0.4 is 5.32 Å². The number of thioether (sulfide) groups is 1. The number of nitrogens with zero attached hydrogens (tertiary/aromatic N) is 1. The molecule has 23 heavy (non-hydrogen) atoms. The van der Waals surface area contributed by atoms with Crippen molar-refractivity contribution in [1.29, 1.82) is 0 Å². The van der Waals surface area contributed by atoms with E-state index in [4.69, 9.17) is 0 Å². The Morgan fingerprint density at radius 1 is 1.26 bits per heavy atom. The highest BCUT2D eigenvalue weighted by molar-refractivity contribution is 7.99. The summed E-state index contributed by atoms with van der Waals surface area (Å²) in [4.78, 5) is 27.3. The van der Waals surface area contributed by atoms with Gasteiger partial charge < -0.3 is 10.2 Å². The van der Waals surface area contributed by atoms with Gasteiger partial charge in [0.15, 0.2) is 0 Å². The largest absolute Gasteiger partial charge is 0.350 e. The molecule has 2 amide bonds. The van der Waals surface area contributed by atoms with Gasteiger partial charge in [0.2, 0.25) is 11.8 Å². The van der Waals surface area contributed by atoms with Gasteiger partial charge in [0.25, 0.3) is 0 Å². The van der Waals surface area contributed by atoms with Gasteiger partial charge in [-0.15, -0.1) is 11.8 Å². The van der Waals surface area contributed by atoms with E-state index in [9.17, 15) is 9.59 Å². The van der Waals surface area contributed by atoms with Crippen molar-refractivity contribution in [2.24, 2.45) is 17.3 Å². The Morgan fingerprint density at radius 3 is 2.39 bits per heavy atom. The minimum atomic E-state index is -0.338. The predicted molar refractivity (Wildman–Crippen MR) is 96.0 cm³/mol. The van der Waals surface area contributed by atoms with Crippen LogP contribution in [0.3, 0.4) is 0 Å². The topological polar surface area (TPSA) is 49.4 Å². The quantitative estimate of drug-likeness (QED) is 0.805. The second kappa shape index (κ2) is 6.15. The van der Waals surface area contributed by atoms with E-state index in [0.717, 1.165) is 0 Å². The average molecular weight is 339 g/mol. The van der Waals surface area contributed by atoms with Gasteiger partial charge in [-0.25, -0.2) is 0 Å². The molecule has 2 fully saturated rings. The Kier molecular flexibility index (Phi) is 4.91. The number of nitrogens with one attached hydrogen (secondary N) is 1. The summed E-state index contributed by atoms with van der Waals surface area (Å²) in [5.41, 5.74) is 0.964. The molecule has 0 spiro atoms. The van der Waals surface area contributed by atoms with Crippen molar-refractivity contribution in [3.63, 3.8) is 0 Å². The first-order valence-electron chi connectivity index (χ1n) is 8.30. The normalized spacial score (nSPS) is 29.2. The predicted octanol–water partition coefficient (Wildman–Crippen LogP) is 3.04. The van der Waals surface area contributed by atoms with Gasteiger partial charge in [-0.1, -0.05) is 25.5 Å². The molecule has 0 aromatic heterocycles. The van der Waals surface area contributed by atoms with Gasteiger partial charge in [-0.05, 0) is 46.0 Å². The van der Waals surface area contributed by atoms with Crippen LogP contribution in [0.1, 0.15) is 48.5 Å². The maximum atomic E-state index is 13.0. The highest BCUT2D eigenvalue weighted by Gasteiger charge is 2.62. The van der Waals surface area contributed by atoms with E-state index >= 15 is 0 Å². The van der Waals surface area contributed by atoms with E-state index in [1.54, 1.807) is 16.7 Å². The summed E-state index contributed by atoms with van der Waals surface area (Å²) < 4.78 is 0. The SMILES string of the molecule is CC(C)=C[C@@H]1[C@@H](C(=O)N2CSC[C@@H]2C(=O)NC(C)(C)C)C1(C)C. The molecule has 1 saturated carbocycles. The molecule has 0 radical (unpaired) electrons. The van der Waals surface area contributed by atoms with Gasteiger partial charge in [-0.3, -0.25) is 9.59 Å². The zero-order valence-corrected chi connectivity index (χ0v) is 16.2. The van der Waals surface area contributed by atoms with Crippen molar-refractivity contribution >= 4 is 23.6 Å². The van der Waals surface area contributed by atoms with E-state index in [0.29, 0.717) is 11.6 Å². The highest BCUT2D eigenvalue weighted by atomic mass is 32.2. The lowest BCUT2D eigenvalue weighted by Gasteiger charge is -2.28. The van der Waals surface area contributed by atoms with Crippen molar-refractivity contribution in [3.8, 4) is 0 Å². The number of allylic oxidation sites excluding steroid dienone is 2. The van der Waals surface area contributed by atoms with Crippen molar-refractivity contribution in [1.82, 2.24) is 10.2 Å². The summed E-state index contributed by atoms with van der Waals surface area (Å²) >= 11 is 1.66. The summed E-state index contributed by atoms with van der Waals surface area (Å²) in [6.07, 6.45) is 2.20. The second-order valence-electron chi connectivity index (χ2n) is 8.63. The molecule has 3 atom stereocenters. The maximum absolute atomic E-state index is 13.0. The Labute approximate surface area is 144 Å². The molecule has 0 aromatic rings. The number of amides is 2. The number of carbonyl (C=O) groups excluding carboxylic acids is 2. The van der Waals surface area contributed by atoms with Gasteiger partial charge in [0, 0.05) is 11.3 Å². The van der Waals surface area contributed by atoms with E-state index in [-0.39, 0.29) is 40.6 Å². The summed E-state index contributed by atoms with van der Waals surface area (Å²) in [7, 11) is 0. The van der Waals surface area contributed by atoms with Crippen molar-refractivity contribution in [3.05, 3.63) is 11.6 Å². The molecule has 0 bridgehead atoms. The van der Waals surface area contributed by atoms with Crippen LogP contribution in [0, 0.1) is 17.3 Å². The van der Waals surface area contributed by atoms with E-state index < -0.39 is 0 Å². The molecule has 1 heterocycles. The smallest absolute Gasteiger partial charge is 0.244 e. The molecular weight excluding hydrogens is 308 g/mol. The third-order valence-corrected chi connectivity index (χ3v) is 5.67. The fourth-order valence-corrected chi connectivity index (χ4v) is 4.49. The van der Waals surface area contributed by atoms with Crippen molar-refractivity contribution < 1.29 is 9.59 Å². The molecule has 1 N–H and O–H groups in total. The van der Waals surface area contributed by atoms with Crippen LogP contribution in [0.5, 0.6) is 0 Å². The van der Waals surface area contributed by atoms with Crippen LogP contribution in [0.4, 0.5) is 0 Å². The number of hydrogen-bond acceptors (Lipinski definition) is 3. The second-order valence-corrected chi connectivity index (χ2v) is 9.63. The number of carbonyl (C=O) groups is 2. The molecule has 0 unspecified atom stereocenters. The first-order valence-corrected chi connectivity index (χ1v) is 9.46. The third kappa shape index (κ3) is 3.93. The van der Waals surface area contributed by atoms with Gasteiger partial charge in [-0.2, -0.15) is 0 Å². The molecule has 1 aliphatic carbocycles. The molecule has 4 nitrogen and oxygen atoms in total. The van der Waals surface area contributed by atoms with E-state index in [2.05, 4.69) is 39.1 Å². The van der Waals surface area contributed by atoms with Crippen molar-refractivity contribution in [2.75, 3.05) is 11.6 Å². The van der Waals surface area contributed by atoms with Crippen LogP contribution in [0.15, 0.2) is 11.6 Å². The standard InChI is InChI=1S/C18H30N2O2S/c1-11(2)8-12-14(18(12,6)7)16(22)20-10-23-9-13(20)15(21)19-17(3,4)5/h8,12-14H,9-10H2,1-7H3,(H,19,21)/t12-,13-,14+/m1/s1. The molecule has 2 rings (SSSR count). The van der Waals surface area contributed by atoms with Crippen LogP contribution in [-0.2, 0) is 9.59 Å². The maximum Gasteiger partial charge on any atom is 0.244 e. The zero-order chi connectivity index (χ0) is 17.6. The number of rotatable bonds is 3. The monoisotopic (exact) mass is 338 g/mol. The fourth-order valence-electron chi connectivity index (χ4n) is 3.33.